The van der Waals surface area contributed by atoms with Gasteiger partial charge in [0.25, 0.3) is 0 Å². The predicted molar refractivity (Wildman–Crippen MR) is 214 cm³/mol. The van der Waals surface area contributed by atoms with Crippen molar-refractivity contribution in [3.05, 3.63) is 46.0 Å². The zero-order valence-corrected chi connectivity index (χ0v) is 35.8. The van der Waals surface area contributed by atoms with Crippen molar-refractivity contribution < 1.29 is 34.1 Å². The number of ketones is 1. The first kappa shape index (κ1) is 41.9. The van der Waals surface area contributed by atoms with Crippen LogP contribution in [0.3, 0.4) is 0 Å². The molecule has 9 heteroatoms. The van der Waals surface area contributed by atoms with Crippen molar-refractivity contribution in [3.8, 4) is 0 Å². The van der Waals surface area contributed by atoms with E-state index in [0.29, 0.717) is 36.2 Å². The summed E-state index contributed by atoms with van der Waals surface area (Å²) >= 11 is 6.14. The van der Waals surface area contributed by atoms with Gasteiger partial charge in [-0.15, -0.1) is 0 Å². The Balaban J connectivity index is 1.29. The third-order valence-electron chi connectivity index (χ3n) is 16.6. The van der Waals surface area contributed by atoms with Crippen LogP contribution in [-0.2, 0) is 30.5 Å². The number of aliphatic carboxylic acids is 1. The van der Waals surface area contributed by atoms with Gasteiger partial charge in [-0.3, -0.25) is 19.2 Å². The van der Waals surface area contributed by atoms with Crippen LogP contribution in [0.5, 0.6) is 0 Å². The van der Waals surface area contributed by atoms with Crippen molar-refractivity contribution in [1.29, 1.82) is 0 Å². The number of aliphatic hydroxyl groups is 1. The van der Waals surface area contributed by atoms with Gasteiger partial charge in [-0.25, -0.2) is 0 Å². The van der Waals surface area contributed by atoms with E-state index < -0.39 is 28.9 Å². The van der Waals surface area contributed by atoms with Crippen LogP contribution in [0.4, 0.5) is 0 Å². The van der Waals surface area contributed by atoms with E-state index in [0.717, 1.165) is 56.1 Å². The van der Waals surface area contributed by atoms with E-state index in [-0.39, 0.29) is 64.3 Å². The lowest BCUT2D eigenvalue weighted by Crippen LogP contribution is -2.66. The number of carboxylic acids is 1. The van der Waals surface area contributed by atoms with Crippen LogP contribution in [0, 0.1) is 56.2 Å². The highest BCUT2D eigenvalue weighted by Crippen LogP contribution is 2.77. The number of carbonyl (C=O) groups is 4. The number of esters is 1. The molecule has 0 bridgehead atoms. The molecule has 1 aromatic carbocycles. The summed E-state index contributed by atoms with van der Waals surface area (Å²) in [4.78, 5) is 53.8. The summed E-state index contributed by atoms with van der Waals surface area (Å²) in [6, 6.07) is 7.45. The number of hydrogen-bond acceptors (Lipinski definition) is 6. The summed E-state index contributed by atoms with van der Waals surface area (Å²) < 4.78 is 6.16. The largest absolute Gasteiger partial charge is 0.481 e. The van der Waals surface area contributed by atoms with E-state index >= 15 is 0 Å². The molecule has 8 nitrogen and oxygen atoms in total. The Morgan fingerprint density at radius 1 is 0.927 bits per heavy atom. The zero-order chi connectivity index (χ0) is 40.7. The molecule has 1 unspecified atom stereocenters. The van der Waals surface area contributed by atoms with Gasteiger partial charge in [-0.1, -0.05) is 77.8 Å². The quantitative estimate of drug-likeness (QED) is 0.227. The van der Waals surface area contributed by atoms with Crippen LogP contribution in [0.15, 0.2) is 35.4 Å². The van der Waals surface area contributed by atoms with E-state index in [4.69, 9.17) is 16.3 Å². The maximum absolute atomic E-state index is 14.2. The number of rotatable bonds is 10. The molecule has 0 aliphatic heterocycles. The Morgan fingerprint density at radius 2 is 1.58 bits per heavy atom. The SMILES string of the molecule is CC(=O)N(Cc1ccc(Cl)cc1)C[C@@H](O)[C@@]12CC[C@]3(C)[C@H](CC[C@@H]4[C@@]5(C)CC[C@H](OC(=O)CC(C)(C)C(=O)O)C(C)(C)C5CC[C@]43C)C1=C(C(C)C)C(=O)C2. The summed E-state index contributed by atoms with van der Waals surface area (Å²) in [5.74, 6) is -0.431. The van der Waals surface area contributed by atoms with E-state index in [9.17, 15) is 29.4 Å². The fraction of sp³-hybridized carbons (Fsp3) is 0.739. The van der Waals surface area contributed by atoms with Crippen molar-refractivity contribution >= 4 is 35.2 Å². The molecule has 0 heterocycles. The number of allylic oxidation sites excluding steroid dienone is 1. The van der Waals surface area contributed by atoms with Gasteiger partial charge in [0.1, 0.15) is 6.10 Å². The third-order valence-corrected chi connectivity index (χ3v) is 16.9. The fourth-order valence-corrected chi connectivity index (χ4v) is 13.5. The van der Waals surface area contributed by atoms with Crippen molar-refractivity contribution in [3.63, 3.8) is 0 Å². The maximum Gasteiger partial charge on any atom is 0.309 e. The Kier molecular flexibility index (Phi) is 10.9. The number of nitrogens with zero attached hydrogens (tertiary/aromatic N) is 1. The maximum atomic E-state index is 14.2. The number of fused-ring (bicyclic) bond motifs is 7. The highest BCUT2D eigenvalue weighted by atomic mass is 35.5. The standard InChI is InChI=1S/C46H66ClNO7/c1-27(2)38-32(50)23-46(35(51)26-48(28(3)49)25-29-11-13-30(47)14-12-29)22-21-44(9)31(39(38)46)15-16-34-43(8)19-18-36(55-37(52)24-41(4,5)40(53)54)42(6,7)33(43)17-20-45(34,44)10/h11-14,27,31,33-36,51H,15-26H2,1-10H3,(H,53,54)/t31-,33?,34-,35-,36+,43+,44-,45-,46+/m1/s1. The van der Waals surface area contributed by atoms with E-state index in [1.807, 2.05) is 24.3 Å². The van der Waals surface area contributed by atoms with E-state index in [1.165, 1.54) is 5.57 Å². The van der Waals surface area contributed by atoms with Gasteiger partial charge in [0, 0.05) is 42.3 Å². The minimum atomic E-state index is -1.18. The van der Waals surface area contributed by atoms with Gasteiger partial charge in [-0.2, -0.15) is 0 Å². The van der Waals surface area contributed by atoms with Gasteiger partial charge >= 0.3 is 11.9 Å². The first-order valence-electron chi connectivity index (χ1n) is 20.8. The van der Waals surface area contributed by atoms with E-state index in [2.05, 4.69) is 48.5 Å². The first-order chi connectivity index (χ1) is 25.4. The highest BCUT2D eigenvalue weighted by Gasteiger charge is 2.71. The third kappa shape index (κ3) is 6.71. The second-order valence-corrected chi connectivity index (χ2v) is 21.0. The van der Waals surface area contributed by atoms with Gasteiger partial charge in [0.15, 0.2) is 5.78 Å². The number of benzene rings is 1. The molecule has 4 fully saturated rings. The van der Waals surface area contributed by atoms with Crippen molar-refractivity contribution in [1.82, 2.24) is 4.90 Å². The molecule has 2 N–H and O–H groups in total. The average molecular weight is 780 g/mol. The van der Waals surface area contributed by atoms with Gasteiger partial charge in [0.2, 0.25) is 5.91 Å². The van der Waals surface area contributed by atoms with Crippen LogP contribution in [0.2, 0.25) is 5.02 Å². The number of carbonyl (C=O) groups excluding carboxylic acids is 3. The Hall–Kier alpha value is -2.71. The molecule has 5 aliphatic carbocycles. The fourth-order valence-electron chi connectivity index (χ4n) is 13.4. The molecule has 0 saturated heterocycles. The number of carboxylic acid groups (broad SMARTS) is 1. The van der Waals surface area contributed by atoms with Crippen molar-refractivity contribution in [2.24, 2.45) is 56.2 Å². The molecule has 0 radical (unpaired) electrons. The van der Waals surface area contributed by atoms with E-state index in [1.54, 1.807) is 25.7 Å². The normalized spacial score (nSPS) is 36.0. The lowest BCUT2D eigenvalue weighted by Gasteiger charge is -2.72. The predicted octanol–water partition coefficient (Wildman–Crippen LogP) is 9.44. The van der Waals surface area contributed by atoms with Crippen LogP contribution >= 0.6 is 11.6 Å². The molecule has 6 rings (SSSR count). The monoisotopic (exact) mass is 779 g/mol. The Morgan fingerprint density at radius 3 is 2.18 bits per heavy atom. The smallest absolute Gasteiger partial charge is 0.309 e. The summed E-state index contributed by atoms with van der Waals surface area (Å²) in [7, 11) is 0. The van der Waals surface area contributed by atoms with Crippen molar-refractivity contribution in [2.45, 2.75) is 152 Å². The lowest BCUT2D eigenvalue weighted by molar-refractivity contribution is -0.235. The molecule has 1 aromatic rings. The topological polar surface area (TPSA) is 121 Å². The minimum Gasteiger partial charge on any atom is -0.481 e. The molecule has 0 spiro atoms. The van der Waals surface area contributed by atoms with Crippen LogP contribution in [-0.4, -0.2) is 57.5 Å². The molecule has 4 saturated carbocycles. The molecular formula is C46H66ClNO7. The van der Waals surface area contributed by atoms with Gasteiger partial charge in [0.05, 0.1) is 17.9 Å². The van der Waals surface area contributed by atoms with Gasteiger partial charge < -0.3 is 19.8 Å². The molecule has 55 heavy (non-hydrogen) atoms. The number of ether oxygens (including phenoxy) is 1. The molecule has 0 aromatic heterocycles. The lowest BCUT2D eigenvalue weighted by atomic mass is 9.33. The minimum absolute atomic E-state index is 0.00981. The van der Waals surface area contributed by atoms with Crippen LogP contribution in [0.25, 0.3) is 0 Å². The number of aliphatic hydroxyl groups excluding tert-OH is 1. The van der Waals surface area contributed by atoms with Gasteiger partial charge in [-0.05, 0) is 128 Å². The highest BCUT2D eigenvalue weighted by molar-refractivity contribution is 6.30. The Bertz CT molecular complexity index is 1750. The van der Waals surface area contributed by atoms with Crippen LogP contribution in [0.1, 0.15) is 139 Å². The number of amides is 1. The molecule has 1 amide bonds. The Labute approximate surface area is 334 Å². The summed E-state index contributed by atoms with van der Waals surface area (Å²) in [5.41, 5.74) is 0.809. The average Bonchev–Trinajstić information content (AvgIpc) is 3.40. The molecule has 304 valence electrons. The van der Waals surface area contributed by atoms with Crippen molar-refractivity contribution in [2.75, 3.05) is 6.54 Å². The summed E-state index contributed by atoms with van der Waals surface area (Å²) in [5, 5.41) is 22.7. The first-order valence-corrected chi connectivity index (χ1v) is 21.2. The number of Topliss-reactive ketones (excluding diaryl/α,β-unsaturated/α-hetero) is 1. The summed E-state index contributed by atoms with van der Waals surface area (Å²) in [6.07, 6.45) is 6.35. The molecule has 9 atom stereocenters. The summed E-state index contributed by atoms with van der Waals surface area (Å²) in [6.45, 7) is 21.5. The second kappa shape index (κ2) is 14.3. The molecular weight excluding hydrogens is 714 g/mol. The second-order valence-electron chi connectivity index (χ2n) is 20.6. The number of hydrogen-bond donors (Lipinski definition) is 2. The number of halogens is 1. The molecule has 5 aliphatic rings. The zero-order valence-electron chi connectivity index (χ0n) is 35.0. The van der Waals surface area contributed by atoms with Crippen LogP contribution < -0.4 is 0 Å².